The summed E-state index contributed by atoms with van der Waals surface area (Å²) in [5.41, 5.74) is -4.31. The van der Waals surface area contributed by atoms with Crippen LogP contribution in [0.1, 0.15) is 11.1 Å². The van der Waals surface area contributed by atoms with Gasteiger partial charge in [0, 0.05) is 0 Å². The number of hydrogen-bond donors (Lipinski definition) is 0. The van der Waals surface area contributed by atoms with E-state index in [-0.39, 0.29) is 49.4 Å². The molecule has 9 rings (SSSR count). The molecule has 0 atom stereocenters. The van der Waals surface area contributed by atoms with Crippen molar-refractivity contribution in [2.24, 2.45) is 0 Å². The number of rotatable bonds is 18. The molecule has 76 heavy (non-hydrogen) atoms. The number of nitro groups is 2. The molecule has 0 aliphatic rings. The van der Waals surface area contributed by atoms with Crippen molar-refractivity contribution in [3.05, 3.63) is 280 Å². The molecule has 0 unspecified atom stereocenters. The third kappa shape index (κ3) is 9.75. The van der Waals surface area contributed by atoms with E-state index in [9.17, 15) is 46.6 Å². The molecule has 0 amide bonds. The Morgan fingerprint density at radius 1 is 0.355 bits per heavy atom. The molecule has 0 N–H and O–H groups in total. The number of benzene rings is 9. The molecule has 0 fully saturated rings. The first kappa shape index (κ1) is 52.5. The van der Waals surface area contributed by atoms with Gasteiger partial charge in [0.1, 0.15) is 0 Å². The Balaban J connectivity index is 1.49. The average Bonchev–Trinajstić information content (AvgIpc) is 3.44. The van der Waals surface area contributed by atoms with Crippen molar-refractivity contribution in [1.82, 2.24) is 0 Å². The van der Waals surface area contributed by atoms with Gasteiger partial charge in [-0.3, -0.25) is 0 Å². The van der Waals surface area contributed by atoms with Crippen LogP contribution >= 0.6 is 14.1 Å². The predicted molar refractivity (Wildman–Crippen MR) is 283 cm³/mol. The normalized spacial score (nSPS) is 13.0. The minimum atomic E-state index is -5.75. The van der Waals surface area contributed by atoms with Gasteiger partial charge in [0.2, 0.25) is 0 Å². The van der Waals surface area contributed by atoms with E-state index in [2.05, 4.69) is 0 Å². The molecular weight excluding hydrogens is 1030 g/mol. The molecular formula is C56H41BF6N2O9P2. The van der Waals surface area contributed by atoms with Crippen molar-refractivity contribution in [2.75, 3.05) is 0 Å². The van der Waals surface area contributed by atoms with Crippen LogP contribution < -0.4 is 45.5 Å². The summed E-state index contributed by atoms with van der Waals surface area (Å²) in [7, 11) is -14.1. The van der Waals surface area contributed by atoms with Crippen LogP contribution in [0.15, 0.2) is 249 Å². The molecule has 20 heteroatoms. The molecule has 0 saturated carbocycles. The molecule has 0 spiro atoms. The van der Waals surface area contributed by atoms with Crippen LogP contribution in [-0.4, -0.2) is 17.2 Å². The van der Waals surface area contributed by atoms with Crippen molar-refractivity contribution >= 4 is 64.6 Å². The molecule has 0 bridgehead atoms. The number of alkyl halides is 6. The summed E-state index contributed by atoms with van der Waals surface area (Å²) in [4.78, 5) is 23.7. The van der Waals surface area contributed by atoms with E-state index in [1.807, 2.05) is 0 Å². The second-order valence-electron chi connectivity index (χ2n) is 17.0. The van der Waals surface area contributed by atoms with E-state index in [4.69, 9.17) is 22.6 Å². The van der Waals surface area contributed by atoms with Crippen LogP contribution in [0.3, 0.4) is 0 Å². The van der Waals surface area contributed by atoms with E-state index in [1.54, 1.807) is 182 Å². The summed E-state index contributed by atoms with van der Waals surface area (Å²) in [5.74, 6) is -1.38. The Hall–Kier alpha value is -8.40. The van der Waals surface area contributed by atoms with Crippen molar-refractivity contribution in [1.29, 1.82) is 0 Å². The van der Waals surface area contributed by atoms with Gasteiger partial charge in [-0.1, -0.05) is 0 Å². The van der Waals surface area contributed by atoms with Crippen molar-refractivity contribution in [3.8, 4) is 17.2 Å². The fraction of sp³-hybridized carbons (Fsp3) is 0.0357. The van der Waals surface area contributed by atoms with Gasteiger partial charge in [0.25, 0.3) is 0 Å². The van der Waals surface area contributed by atoms with Gasteiger partial charge >= 0.3 is 433 Å². The first-order valence-electron chi connectivity index (χ1n) is 23.0. The van der Waals surface area contributed by atoms with Crippen molar-refractivity contribution in [2.45, 2.75) is 12.4 Å². The number of halogens is 6. The monoisotopic (exact) mass is 1070 g/mol. The summed E-state index contributed by atoms with van der Waals surface area (Å²) in [5, 5.41) is 26.2. The Morgan fingerprint density at radius 3 is 0.882 bits per heavy atom. The van der Waals surface area contributed by atoms with Crippen LogP contribution in [0.2, 0.25) is 0 Å². The van der Waals surface area contributed by atoms with E-state index < -0.39 is 71.9 Å². The number of hydrogen-bond acceptors (Lipinski definition) is 9. The summed E-state index contributed by atoms with van der Waals surface area (Å²) in [6.45, 7) is 0. The first-order chi connectivity index (χ1) is 36.4. The third-order valence-electron chi connectivity index (χ3n) is 12.3. The van der Waals surface area contributed by atoms with Crippen LogP contribution in [-0.2, 0) is 21.2 Å². The molecule has 384 valence electrons. The topological polar surface area (TPSA) is 132 Å². The molecule has 11 nitrogen and oxygen atoms in total. The Labute approximate surface area is 431 Å². The zero-order valence-corrected chi connectivity index (χ0v) is 41.3. The van der Waals surface area contributed by atoms with Gasteiger partial charge in [-0.25, -0.2) is 0 Å². The van der Waals surface area contributed by atoms with Crippen LogP contribution in [0.25, 0.3) is 0 Å². The zero-order chi connectivity index (χ0) is 53.7. The third-order valence-corrected chi connectivity index (χ3v) is 22.0. The molecule has 0 aliphatic heterocycles. The molecule has 9 aromatic rings. The fourth-order valence-electron chi connectivity index (χ4n) is 9.02. The van der Waals surface area contributed by atoms with Crippen LogP contribution in [0.5, 0.6) is 17.2 Å². The molecule has 9 aromatic carbocycles. The predicted octanol–water partition coefficient (Wildman–Crippen LogP) is 12.8. The SMILES string of the molecule is O=[N+]([O-])c1cccc(OP(OB(Oc2cc(C(F)(F)F)cc(C(F)(F)F)c2)OP(Oc2cccc([N+](=O)[O-])c2)(c2ccccc2)(c2ccccc2)c2ccccc2)(c2ccccc2)(c2ccccc2)c2ccccc2)c1. The van der Waals surface area contributed by atoms with Gasteiger partial charge in [-0.05, 0) is 0 Å². The van der Waals surface area contributed by atoms with Gasteiger partial charge in [0.15, 0.2) is 0 Å². The van der Waals surface area contributed by atoms with Gasteiger partial charge in [0.05, 0.1) is 0 Å². The number of nitro benzene ring substituents is 2. The van der Waals surface area contributed by atoms with E-state index in [1.165, 1.54) is 36.4 Å². The second kappa shape index (κ2) is 20.7. The summed E-state index contributed by atoms with van der Waals surface area (Å²) in [6.07, 6.45) is -10.7. The van der Waals surface area contributed by atoms with Crippen LogP contribution in [0, 0.1) is 20.2 Å². The van der Waals surface area contributed by atoms with E-state index in [0.29, 0.717) is 12.1 Å². The maximum atomic E-state index is 14.9. The van der Waals surface area contributed by atoms with Gasteiger partial charge in [-0.2, -0.15) is 0 Å². The standard InChI is InChI=1S/C56H41BF6N2O9P2/c58-55(59,60)42-37-43(56(61,62)63)39-48(38-42)70-57(73-75(49-25-7-1-8-26-49,50-27-9-2-10-28-50,51-29-11-3-12-30-51)71-46-23-19-21-44(40-46)64(66)67)74-76(52-31-13-4-14-32-52,53-33-15-5-16-34-53,54-35-17-6-18-36-54)72-47-24-20-22-45(41-47)65(68)69/h1-41H. The zero-order valence-electron chi connectivity index (χ0n) is 39.5. The first-order valence-corrected chi connectivity index (χ1v) is 27.2. The summed E-state index contributed by atoms with van der Waals surface area (Å²) < 4.78 is 127. The molecule has 0 radical (unpaired) electrons. The van der Waals surface area contributed by atoms with E-state index >= 15 is 0 Å². The Kier molecular flexibility index (Phi) is 14.3. The molecule has 0 aliphatic carbocycles. The summed E-state index contributed by atoms with van der Waals surface area (Å²) >= 11 is 0. The number of non-ortho nitro benzene ring substituents is 2. The van der Waals surface area contributed by atoms with E-state index in [0.717, 1.165) is 12.1 Å². The maximum absolute atomic E-state index is 14.9. The Bertz CT molecular complexity index is 3080. The number of nitrogens with zero attached hydrogens (tertiary/aromatic N) is 2. The Morgan fingerprint density at radius 2 is 0.632 bits per heavy atom. The second-order valence-corrected chi connectivity index (χ2v) is 24.7. The quantitative estimate of drug-likeness (QED) is 0.0271. The van der Waals surface area contributed by atoms with Crippen LogP contribution in [0.4, 0.5) is 37.7 Å². The minimum absolute atomic E-state index is 0.0593. The van der Waals surface area contributed by atoms with Gasteiger partial charge < -0.3 is 0 Å². The average molecular weight is 1070 g/mol. The molecule has 0 heterocycles. The molecule has 0 saturated heterocycles. The van der Waals surface area contributed by atoms with Gasteiger partial charge in [-0.15, -0.1) is 0 Å². The molecule has 0 aromatic heterocycles. The summed E-state index contributed by atoms with van der Waals surface area (Å²) in [6, 6.07) is 60.4. The fourth-order valence-corrected chi connectivity index (χ4v) is 18.5. The van der Waals surface area contributed by atoms with Crippen molar-refractivity contribution < 1.29 is 58.8 Å². The van der Waals surface area contributed by atoms with Crippen molar-refractivity contribution in [3.63, 3.8) is 0 Å².